The lowest BCUT2D eigenvalue weighted by Gasteiger charge is -2.16. The minimum atomic E-state index is -0.580. The molecule has 1 saturated carbocycles. The van der Waals surface area contributed by atoms with Gasteiger partial charge in [-0.25, -0.2) is 0 Å². The number of nitrogens with two attached hydrogens (primary N) is 1. The van der Waals surface area contributed by atoms with E-state index in [1.54, 1.807) is 6.07 Å². The quantitative estimate of drug-likeness (QED) is 0.882. The Kier molecular flexibility index (Phi) is 3.60. The van der Waals surface area contributed by atoms with E-state index in [1.807, 2.05) is 36.4 Å². The number of fused-ring (bicyclic) bond motifs is 1. The zero-order valence-electron chi connectivity index (χ0n) is 11.7. The number of benzene rings is 2. The van der Waals surface area contributed by atoms with Gasteiger partial charge in [-0.2, -0.15) is 0 Å². The minimum Gasteiger partial charge on any atom is -0.368 e. The Bertz CT molecular complexity index is 687. The highest BCUT2D eigenvalue weighted by Crippen LogP contribution is 2.33. The first kappa shape index (κ1) is 13.6. The summed E-state index contributed by atoms with van der Waals surface area (Å²) in [4.78, 5) is 24.0. The predicted molar refractivity (Wildman–Crippen MR) is 81.7 cm³/mol. The van der Waals surface area contributed by atoms with Crippen LogP contribution < -0.4 is 11.1 Å². The standard InChI is InChI=1S/C17H18N2O2/c18-16(20)15(10-11-8-9-11)19-17(21)14-7-3-5-12-4-1-2-6-13(12)14/h1-7,11,15H,8-10H2,(H2,18,20)(H,19,21)/t15-/m0/s1. The molecule has 0 bridgehead atoms. The molecule has 0 spiro atoms. The van der Waals surface area contributed by atoms with Crippen LogP contribution >= 0.6 is 0 Å². The lowest BCUT2D eigenvalue weighted by molar-refractivity contribution is -0.120. The zero-order chi connectivity index (χ0) is 14.8. The van der Waals surface area contributed by atoms with Crippen LogP contribution in [0, 0.1) is 5.92 Å². The minimum absolute atomic E-state index is 0.240. The Hall–Kier alpha value is -2.36. The van der Waals surface area contributed by atoms with Gasteiger partial charge in [0.05, 0.1) is 0 Å². The number of rotatable bonds is 5. The van der Waals surface area contributed by atoms with Crippen molar-refractivity contribution in [1.82, 2.24) is 5.32 Å². The fourth-order valence-corrected chi connectivity index (χ4v) is 2.59. The van der Waals surface area contributed by atoms with Gasteiger partial charge in [0.2, 0.25) is 5.91 Å². The SMILES string of the molecule is NC(=O)[C@H](CC1CC1)NC(=O)c1cccc2ccccc12. The molecule has 4 heteroatoms. The normalized spacial score (nSPS) is 15.6. The number of carbonyl (C=O) groups excluding carboxylic acids is 2. The van der Waals surface area contributed by atoms with E-state index in [4.69, 9.17) is 5.73 Å². The molecule has 0 aliphatic heterocycles. The summed E-state index contributed by atoms with van der Waals surface area (Å²) >= 11 is 0. The van der Waals surface area contributed by atoms with Crippen molar-refractivity contribution >= 4 is 22.6 Å². The van der Waals surface area contributed by atoms with Gasteiger partial charge in [-0.3, -0.25) is 9.59 Å². The third-order valence-corrected chi connectivity index (χ3v) is 3.95. The largest absolute Gasteiger partial charge is 0.368 e. The fraction of sp³-hybridized carbons (Fsp3) is 0.294. The van der Waals surface area contributed by atoms with Crippen molar-refractivity contribution in [3.05, 3.63) is 48.0 Å². The average molecular weight is 282 g/mol. The summed E-state index contributed by atoms with van der Waals surface area (Å²) < 4.78 is 0. The number of hydrogen-bond donors (Lipinski definition) is 2. The highest BCUT2D eigenvalue weighted by atomic mass is 16.2. The van der Waals surface area contributed by atoms with Crippen LogP contribution in [0.3, 0.4) is 0 Å². The molecule has 1 fully saturated rings. The molecule has 3 N–H and O–H groups in total. The lowest BCUT2D eigenvalue weighted by Crippen LogP contribution is -2.44. The van der Waals surface area contributed by atoms with Crippen LogP contribution in [0.1, 0.15) is 29.6 Å². The molecule has 2 aromatic carbocycles. The Labute approximate surface area is 123 Å². The van der Waals surface area contributed by atoms with Crippen molar-refractivity contribution in [3.63, 3.8) is 0 Å². The molecule has 21 heavy (non-hydrogen) atoms. The van der Waals surface area contributed by atoms with Crippen molar-refractivity contribution in [2.45, 2.75) is 25.3 Å². The summed E-state index contributed by atoms with van der Waals surface area (Å²) in [5.41, 5.74) is 5.98. The molecular weight excluding hydrogens is 264 g/mol. The monoisotopic (exact) mass is 282 g/mol. The molecule has 1 aliphatic rings. The van der Waals surface area contributed by atoms with Gasteiger partial charge in [-0.05, 0) is 29.2 Å². The molecule has 1 atom stereocenters. The van der Waals surface area contributed by atoms with Crippen molar-refractivity contribution in [1.29, 1.82) is 0 Å². The summed E-state index contributed by atoms with van der Waals surface area (Å²) in [6.45, 7) is 0. The van der Waals surface area contributed by atoms with Crippen molar-refractivity contribution in [3.8, 4) is 0 Å². The van der Waals surface area contributed by atoms with Crippen LogP contribution in [-0.4, -0.2) is 17.9 Å². The number of nitrogens with one attached hydrogen (secondary N) is 1. The second-order valence-corrected chi connectivity index (χ2v) is 5.63. The number of primary amides is 1. The molecule has 0 unspecified atom stereocenters. The zero-order valence-corrected chi connectivity index (χ0v) is 11.7. The molecule has 2 amide bonds. The molecule has 2 aromatic rings. The molecule has 1 aliphatic carbocycles. The van der Waals surface area contributed by atoms with Crippen molar-refractivity contribution in [2.24, 2.45) is 11.7 Å². The fourth-order valence-electron chi connectivity index (χ4n) is 2.59. The molecule has 108 valence electrons. The maximum absolute atomic E-state index is 12.5. The van der Waals surface area contributed by atoms with Gasteiger partial charge in [0, 0.05) is 5.56 Å². The number of hydrogen-bond acceptors (Lipinski definition) is 2. The first-order chi connectivity index (χ1) is 10.1. The summed E-state index contributed by atoms with van der Waals surface area (Å²) in [7, 11) is 0. The third-order valence-electron chi connectivity index (χ3n) is 3.95. The topological polar surface area (TPSA) is 72.2 Å². The van der Waals surface area contributed by atoms with E-state index in [2.05, 4.69) is 5.32 Å². The van der Waals surface area contributed by atoms with Crippen LogP contribution in [0.15, 0.2) is 42.5 Å². The number of amides is 2. The molecular formula is C17H18N2O2. The van der Waals surface area contributed by atoms with Gasteiger partial charge in [-0.15, -0.1) is 0 Å². The van der Waals surface area contributed by atoms with Crippen molar-refractivity contribution < 1.29 is 9.59 Å². The molecule has 0 heterocycles. The summed E-state index contributed by atoms with van der Waals surface area (Å²) in [6.07, 6.45) is 2.88. The van der Waals surface area contributed by atoms with Gasteiger partial charge < -0.3 is 11.1 Å². The molecule has 4 nitrogen and oxygen atoms in total. The van der Waals surface area contributed by atoms with E-state index in [0.29, 0.717) is 17.9 Å². The van der Waals surface area contributed by atoms with Crippen LogP contribution in [0.2, 0.25) is 0 Å². The molecule has 0 aromatic heterocycles. The summed E-state index contributed by atoms with van der Waals surface area (Å²) in [5.74, 6) is -0.179. The molecule has 0 saturated heterocycles. The first-order valence-electron chi connectivity index (χ1n) is 7.23. The molecule has 0 radical (unpaired) electrons. The summed E-state index contributed by atoms with van der Waals surface area (Å²) in [6, 6.07) is 12.7. The first-order valence-corrected chi connectivity index (χ1v) is 7.23. The Balaban J connectivity index is 1.84. The average Bonchev–Trinajstić information content (AvgIpc) is 3.29. The van der Waals surface area contributed by atoms with Gasteiger partial charge in [-0.1, -0.05) is 49.2 Å². The van der Waals surface area contributed by atoms with E-state index < -0.39 is 11.9 Å². The van der Waals surface area contributed by atoms with Gasteiger partial charge in [0.25, 0.3) is 5.91 Å². The highest BCUT2D eigenvalue weighted by molar-refractivity contribution is 6.08. The van der Waals surface area contributed by atoms with E-state index >= 15 is 0 Å². The maximum Gasteiger partial charge on any atom is 0.252 e. The summed E-state index contributed by atoms with van der Waals surface area (Å²) in [5, 5.41) is 4.67. The van der Waals surface area contributed by atoms with Crippen LogP contribution in [0.25, 0.3) is 10.8 Å². The third kappa shape index (κ3) is 3.05. The Morgan fingerprint density at radius 1 is 1.14 bits per heavy atom. The second kappa shape index (κ2) is 5.56. The maximum atomic E-state index is 12.5. The second-order valence-electron chi connectivity index (χ2n) is 5.63. The van der Waals surface area contributed by atoms with Crippen LogP contribution in [0.4, 0.5) is 0 Å². The van der Waals surface area contributed by atoms with E-state index in [0.717, 1.165) is 23.6 Å². The smallest absolute Gasteiger partial charge is 0.252 e. The predicted octanol–water partition coefficient (Wildman–Crippen LogP) is 2.22. The van der Waals surface area contributed by atoms with Gasteiger partial charge >= 0.3 is 0 Å². The Morgan fingerprint density at radius 3 is 2.57 bits per heavy atom. The number of carbonyl (C=O) groups is 2. The van der Waals surface area contributed by atoms with Crippen molar-refractivity contribution in [2.75, 3.05) is 0 Å². The molecule has 3 rings (SSSR count). The van der Waals surface area contributed by atoms with E-state index in [1.165, 1.54) is 0 Å². The Morgan fingerprint density at radius 2 is 1.86 bits per heavy atom. The van der Waals surface area contributed by atoms with Crippen LogP contribution in [0.5, 0.6) is 0 Å². The van der Waals surface area contributed by atoms with E-state index in [9.17, 15) is 9.59 Å². The van der Waals surface area contributed by atoms with Gasteiger partial charge in [0.15, 0.2) is 0 Å². The van der Waals surface area contributed by atoms with Gasteiger partial charge in [0.1, 0.15) is 6.04 Å². The highest BCUT2D eigenvalue weighted by Gasteiger charge is 2.29. The van der Waals surface area contributed by atoms with E-state index in [-0.39, 0.29) is 5.91 Å². The lowest BCUT2D eigenvalue weighted by atomic mass is 10.0. The van der Waals surface area contributed by atoms with Crippen LogP contribution in [-0.2, 0) is 4.79 Å².